The van der Waals surface area contributed by atoms with Crippen molar-refractivity contribution in [2.24, 2.45) is 5.41 Å². The lowest BCUT2D eigenvalue weighted by Crippen LogP contribution is -2.62. The highest BCUT2D eigenvalue weighted by Gasteiger charge is 2.57. The molecule has 1 unspecified atom stereocenters. The van der Waals surface area contributed by atoms with E-state index in [0.717, 1.165) is 31.2 Å². The van der Waals surface area contributed by atoms with Crippen LogP contribution in [0.3, 0.4) is 0 Å². The molecule has 3 aliphatic rings. The largest absolute Gasteiger partial charge is 0.466 e. The predicted octanol–water partition coefficient (Wildman–Crippen LogP) is 4.64. The number of hydrogen-bond acceptors (Lipinski definition) is 14. The van der Waals surface area contributed by atoms with E-state index in [-0.39, 0.29) is 57.0 Å². The average Bonchev–Trinajstić information content (AvgIpc) is 3.17. The molecule has 1 aromatic rings. The molecule has 4 rings (SSSR count). The lowest BCUT2D eigenvalue weighted by Gasteiger charge is -2.51. The Morgan fingerprint density at radius 2 is 1.77 bits per heavy atom. The molecule has 2 saturated heterocycles. The van der Waals surface area contributed by atoms with Crippen LogP contribution in [0, 0.1) is 5.41 Å². The summed E-state index contributed by atoms with van der Waals surface area (Å²) in [5.41, 5.74) is 0.392. The van der Waals surface area contributed by atoms with Crippen LogP contribution in [0.25, 0.3) is 0 Å². The molecule has 0 aromatic heterocycles. The lowest BCUT2D eigenvalue weighted by molar-refractivity contribution is -0.327. The monoisotopic (exact) mass is 790 g/mol. The molecule has 3 aliphatic heterocycles. The van der Waals surface area contributed by atoms with Crippen LogP contribution in [0.15, 0.2) is 48.1 Å². The Hall–Kier alpha value is -3.21. The summed E-state index contributed by atoms with van der Waals surface area (Å²) in [7, 11) is 1.21. The highest BCUT2D eigenvalue weighted by atomic mass is 16.7. The maximum absolute atomic E-state index is 13.3. The smallest absolute Gasteiger partial charge is 0.330 e. The molecule has 0 amide bonds. The van der Waals surface area contributed by atoms with Crippen molar-refractivity contribution >= 4 is 17.9 Å². The van der Waals surface area contributed by atoms with Crippen LogP contribution < -0.4 is 0 Å². The number of rotatable bonds is 11. The highest BCUT2D eigenvalue weighted by molar-refractivity contribution is 5.83. The van der Waals surface area contributed by atoms with Crippen LogP contribution in [0.5, 0.6) is 0 Å². The van der Waals surface area contributed by atoms with E-state index in [1.165, 1.54) is 13.2 Å². The fourth-order valence-electron chi connectivity index (χ4n) is 7.25. The SMILES string of the molecule is CCCCCCCC(=O)O[C@H]1/C(=C/C(=O)OC)C[C@H]2CC(CO)OC(=O)C[C@H](O)CCO[C@H](c3cccc(CO)c3)C[C@@H]3CCO[C@H](/C=C/C(C)(C)[C@]1(O)O2)O3. The summed E-state index contributed by atoms with van der Waals surface area (Å²) in [5, 5.41) is 43.5. The average molecular weight is 791 g/mol. The van der Waals surface area contributed by atoms with Gasteiger partial charge in [-0.2, -0.15) is 0 Å². The molecule has 14 nitrogen and oxygen atoms in total. The molecular formula is C42H62O14. The minimum absolute atomic E-state index is 0.0292. The van der Waals surface area contributed by atoms with Crippen LogP contribution >= 0.6 is 0 Å². The number of aliphatic hydroxyl groups excluding tert-OH is 3. The Kier molecular flexibility index (Phi) is 17.9. The van der Waals surface area contributed by atoms with Gasteiger partial charge in [0.05, 0.1) is 57.8 Å². The van der Waals surface area contributed by atoms with Gasteiger partial charge in [0, 0.05) is 37.4 Å². The first-order valence-corrected chi connectivity index (χ1v) is 19.9. The van der Waals surface area contributed by atoms with Crippen LogP contribution in [0.4, 0.5) is 0 Å². The summed E-state index contributed by atoms with van der Waals surface area (Å²) in [6.07, 6.45) is 3.40. The number of benzene rings is 1. The molecule has 0 saturated carbocycles. The van der Waals surface area contributed by atoms with Crippen molar-refractivity contribution in [2.75, 3.05) is 26.9 Å². The van der Waals surface area contributed by atoms with Gasteiger partial charge in [-0.25, -0.2) is 4.79 Å². The zero-order chi connectivity index (χ0) is 40.7. The fourth-order valence-corrected chi connectivity index (χ4v) is 7.25. The molecule has 8 atom stereocenters. The topological polar surface area (TPSA) is 197 Å². The molecule has 14 heteroatoms. The number of unbranched alkanes of at least 4 members (excludes halogenated alkanes) is 4. The van der Waals surface area contributed by atoms with Crippen molar-refractivity contribution in [3.05, 3.63) is 59.2 Å². The van der Waals surface area contributed by atoms with E-state index in [1.807, 2.05) is 18.2 Å². The molecule has 314 valence electrons. The molecule has 1 aromatic carbocycles. The number of methoxy groups -OCH3 is 1. The Bertz CT molecular complexity index is 1470. The highest BCUT2D eigenvalue weighted by Crippen LogP contribution is 2.47. The zero-order valence-electron chi connectivity index (χ0n) is 33.3. The molecule has 0 spiro atoms. The molecule has 3 heterocycles. The van der Waals surface area contributed by atoms with Gasteiger partial charge in [0.15, 0.2) is 12.4 Å². The molecule has 4 bridgehead atoms. The first-order valence-electron chi connectivity index (χ1n) is 19.9. The van der Waals surface area contributed by atoms with Gasteiger partial charge in [0.25, 0.3) is 0 Å². The lowest BCUT2D eigenvalue weighted by atomic mass is 9.74. The van der Waals surface area contributed by atoms with E-state index in [4.69, 9.17) is 33.2 Å². The molecule has 0 radical (unpaired) electrons. The summed E-state index contributed by atoms with van der Waals surface area (Å²) in [4.78, 5) is 39.1. The van der Waals surface area contributed by atoms with Crippen molar-refractivity contribution in [3.63, 3.8) is 0 Å². The van der Waals surface area contributed by atoms with Gasteiger partial charge in [-0.05, 0) is 48.5 Å². The van der Waals surface area contributed by atoms with E-state index in [1.54, 1.807) is 32.1 Å². The first-order chi connectivity index (χ1) is 26.8. The minimum atomic E-state index is -2.30. The Morgan fingerprint density at radius 1 is 1.00 bits per heavy atom. The summed E-state index contributed by atoms with van der Waals surface area (Å²) in [6.45, 7) is 5.20. The van der Waals surface area contributed by atoms with Crippen LogP contribution in [0.2, 0.25) is 0 Å². The second-order valence-corrected chi connectivity index (χ2v) is 15.5. The standard InChI is InChI=1S/C42H62O14/c1-5-6-7-8-9-13-36(46)55-40-30(22-37(47)50-4)21-33-24-34(27-44)53-38(48)23-31(45)15-18-51-35(29-12-10-11-28(20-29)26-43)25-32-16-19-52-39(54-32)14-17-41(2,3)42(40,49)56-33/h10-12,14,17,20,22,31-35,39-40,43-45,49H,5-9,13,15-16,18-19,21,23-27H2,1-4H3/b17-14+,30-22+/t31-,32+,33+,34?,35+,39+,40+,42-/m1/s1. The van der Waals surface area contributed by atoms with Crippen molar-refractivity contribution in [3.8, 4) is 0 Å². The number of carbonyl (C=O) groups excluding carboxylic acids is 3. The summed E-state index contributed by atoms with van der Waals surface area (Å²) >= 11 is 0. The van der Waals surface area contributed by atoms with Gasteiger partial charge >= 0.3 is 17.9 Å². The number of fused-ring (bicyclic) bond motifs is 4. The fraction of sp³-hybridized carbons (Fsp3) is 0.690. The van der Waals surface area contributed by atoms with Crippen molar-refractivity contribution in [1.29, 1.82) is 0 Å². The van der Waals surface area contributed by atoms with Gasteiger partial charge < -0.3 is 53.6 Å². The number of esters is 3. The zero-order valence-corrected chi connectivity index (χ0v) is 33.3. The predicted molar refractivity (Wildman–Crippen MR) is 202 cm³/mol. The van der Waals surface area contributed by atoms with Gasteiger partial charge in [0.2, 0.25) is 5.79 Å². The van der Waals surface area contributed by atoms with Crippen molar-refractivity contribution < 1.29 is 68.0 Å². The van der Waals surface area contributed by atoms with Gasteiger partial charge in [-0.15, -0.1) is 0 Å². The molecule has 0 aliphatic carbocycles. The second kappa shape index (κ2) is 22.1. The maximum Gasteiger partial charge on any atom is 0.330 e. The number of hydrogen-bond donors (Lipinski definition) is 4. The third kappa shape index (κ3) is 13.2. The third-order valence-corrected chi connectivity index (χ3v) is 10.6. The maximum atomic E-state index is 13.3. The van der Waals surface area contributed by atoms with E-state index < -0.39 is 72.5 Å². The van der Waals surface area contributed by atoms with Gasteiger partial charge in [-0.1, -0.05) is 76.8 Å². The number of cyclic esters (lactones) is 1. The summed E-state index contributed by atoms with van der Waals surface area (Å²) in [5.74, 6) is -4.37. The minimum Gasteiger partial charge on any atom is -0.466 e. The number of carbonyl (C=O) groups is 3. The van der Waals surface area contributed by atoms with Crippen molar-refractivity contribution in [1.82, 2.24) is 0 Å². The first kappa shape index (κ1) is 45.5. The molecular weight excluding hydrogens is 728 g/mol. The van der Waals surface area contributed by atoms with Gasteiger partial charge in [-0.3, -0.25) is 9.59 Å². The normalized spacial score (nSPS) is 31.8. The molecule has 56 heavy (non-hydrogen) atoms. The summed E-state index contributed by atoms with van der Waals surface area (Å²) < 4.78 is 41.5. The van der Waals surface area contributed by atoms with Crippen LogP contribution in [0.1, 0.15) is 115 Å². The van der Waals surface area contributed by atoms with Crippen LogP contribution in [-0.4, -0.2) is 108 Å². The summed E-state index contributed by atoms with van der Waals surface area (Å²) in [6, 6.07) is 7.37. The Morgan fingerprint density at radius 3 is 2.50 bits per heavy atom. The second-order valence-electron chi connectivity index (χ2n) is 15.5. The Labute approximate surface area is 330 Å². The van der Waals surface area contributed by atoms with Crippen molar-refractivity contribution in [2.45, 2.75) is 153 Å². The Balaban J connectivity index is 1.71. The quantitative estimate of drug-likeness (QED) is 0.0796. The third-order valence-electron chi connectivity index (χ3n) is 10.6. The molecule has 4 N–H and O–H groups in total. The van der Waals surface area contributed by atoms with E-state index in [9.17, 15) is 34.8 Å². The van der Waals surface area contributed by atoms with Crippen LogP contribution in [-0.2, 0) is 54.1 Å². The number of aliphatic hydroxyl groups is 4. The van der Waals surface area contributed by atoms with Gasteiger partial charge in [0.1, 0.15) is 6.10 Å². The van der Waals surface area contributed by atoms with E-state index in [0.29, 0.717) is 31.4 Å². The number of ether oxygens (including phenoxy) is 7. The van der Waals surface area contributed by atoms with E-state index >= 15 is 0 Å². The van der Waals surface area contributed by atoms with E-state index in [2.05, 4.69) is 6.92 Å². The molecule has 2 fully saturated rings.